The number of methoxy groups -OCH3 is 2. The molecule has 0 amide bonds. The lowest BCUT2D eigenvalue weighted by Gasteiger charge is -2.37. The highest BCUT2D eigenvalue weighted by molar-refractivity contribution is 5.77. The van der Waals surface area contributed by atoms with E-state index >= 15 is 0 Å². The van der Waals surface area contributed by atoms with E-state index in [-0.39, 0.29) is 24.5 Å². The number of aliphatic hydroxyl groups excluding tert-OH is 1. The zero-order valence-electron chi connectivity index (χ0n) is 29.3. The van der Waals surface area contributed by atoms with Crippen LogP contribution < -0.4 is 15.0 Å². The van der Waals surface area contributed by atoms with Gasteiger partial charge in [-0.25, -0.2) is 9.98 Å². The van der Waals surface area contributed by atoms with E-state index in [1.165, 1.54) is 0 Å². The van der Waals surface area contributed by atoms with Crippen molar-refractivity contribution in [3.8, 4) is 22.9 Å². The Labute approximate surface area is 300 Å². The topological polar surface area (TPSA) is 136 Å². The molecule has 12 heteroatoms. The smallest absolute Gasteiger partial charge is 0.280 e. The lowest BCUT2D eigenvalue weighted by molar-refractivity contribution is -0.0928. The number of hydrogen-bond acceptors (Lipinski definition) is 9. The van der Waals surface area contributed by atoms with Crippen LogP contribution in [-0.4, -0.2) is 83.0 Å². The molecule has 266 valence electrons. The summed E-state index contributed by atoms with van der Waals surface area (Å²) in [5, 5.41) is 11.6. The molecule has 0 aliphatic carbocycles. The van der Waals surface area contributed by atoms with E-state index in [0.29, 0.717) is 23.0 Å². The summed E-state index contributed by atoms with van der Waals surface area (Å²) in [7, 11) is 6.91. The summed E-state index contributed by atoms with van der Waals surface area (Å²) in [6, 6.07) is 35.0. The molecule has 2 N–H and O–H groups in total. The van der Waals surface area contributed by atoms with Crippen LogP contribution in [0.4, 0.5) is 5.95 Å². The van der Waals surface area contributed by atoms with Crippen molar-refractivity contribution in [2.75, 3.05) is 34.9 Å². The first-order chi connectivity index (χ1) is 25.3. The summed E-state index contributed by atoms with van der Waals surface area (Å²) in [6.07, 6.45) is -0.639. The molecule has 0 unspecified atom stereocenters. The van der Waals surface area contributed by atoms with Crippen molar-refractivity contribution >= 4 is 23.5 Å². The van der Waals surface area contributed by atoms with Crippen LogP contribution in [0.2, 0.25) is 0 Å². The number of fused-ring (bicyclic) bond motifs is 1. The zero-order chi connectivity index (χ0) is 36.2. The summed E-state index contributed by atoms with van der Waals surface area (Å²) in [4.78, 5) is 31.5. The highest BCUT2D eigenvalue weighted by Gasteiger charge is 2.43. The van der Waals surface area contributed by atoms with E-state index in [1.54, 1.807) is 30.0 Å². The predicted octanol–water partition coefficient (Wildman–Crippen LogP) is 5.68. The third-order valence-electron chi connectivity index (χ3n) is 9.11. The van der Waals surface area contributed by atoms with Crippen molar-refractivity contribution in [2.45, 2.75) is 30.5 Å². The lowest BCUT2D eigenvalue weighted by atomic mass is 9.80. The highest BCUT2D eigenvalue weighted by atomic mass is 16.6. The molecule has 1 aliphatic heterocycles. The standard InChI is InChI=1S/C40H40N6O6/c1-45(2)25-41-39-43-37-35(38(48)44-39)42-36(26-11-7-5-8-12-26)46(37)34-23-32(47)33(52-34)24-51-40(27-13-9-6-10-14-27,28-15-19-30(49-3)20-16-28)29-17-21-31(50-4)22-18-29/h5-22,25,32-34,47H,23-24H2,1-4H3,(H,43,44,48)/t32-,33+,34+/m0/s1. The number of nitrogens with one attached hydrogen (secondary N) is 1. The average Bonchev–Trinajstić information content (AvgIpc) is 3.75. The number of rotatable bonds is 12. The largest absolute Gasteiger partial charge is 0.497 e. The van der Waals surface area contributed by atoms with Gasteiger partial charge in [0.1, 0.15) is 35.3 Å². The van der Waals surface area contributed by atoms with Crippen molar-refractivity contribution in [2.24, 2.45) is 4.99 Å². The first-order valence-electron chi connectivity index (χ1n) is 16.9. The fraction of sp³-hybridized carbons (Fsp3) is 0.250. The van der Waals surface area contributed by atoms with Crippen molar-refractivity contribution in [1.29, 1.82) is 0 Å². The molecule has 52 heavy (non-hydrogen) atoms. The third-order valence-corrected chi connectivity index (χ3v) is 9.11. The van der Waals surface area contributed by atoms with E-state index < -0.39 is 29.6 Å². The Morgan fingerprint density at radius 3 is 2.04 bits per heavy atom. The Balaban J connectivity index is 1.29. The molecule has 6 aromatic rings. The molecule has 1 saturated heterocycles. The summed E-state index contributed by atoms with van der Waals surface area (Å²) >= 11 is 0. The molecule has 0 radical (unpaired) electrons. The number of aromatic nitrogens is 4. The van der Waals surface area contributed by atoms with Gasteiger partial charge in [-0.1, -0.05) is 84.9 Å². The van der Waals surface area contributed by atoms with Gasteiger partial charge in [-0.15, -0.1) is 0 Å². The van der Waals surface area contributed by atoms with Gasteiger partial charge < -0.3 is 29.0 Å². The third kappa shape index (κ3) is 6.66. The Morgan fingerprint density at radius 2 is 1.46 bits per heavy atom. The maximum atomic E-state index is 13.3. The summed E-state index contributed by atoms with van der Waals surface area (Å²) in [6.45, 7) is 0.0182. The van der Waals surface area contributed by atoms with Crippen molar-refractivity contribution in [3.63, 3.8) is 0 Å². The number of imidazole rings is 1. The number of nitrogens with zero attached hydrogens (tertiary/aromatic N) is 5. The summed E-state index contributed by atoms with van der Waals surface area (Å²) in [5.74, 6) is 2.03. The monoisotopic (exact) mass is 700 g/mol. The minimum atomic E-state index is -1.11. The summed E-state index contributed by atoms with van der Waals surface area (Å²) < 4.78 is 26.5. The second kappa shape index (κ2) is 14.8. The molecule has 2 aromatic heterocycles. The molecule has 7 rings (SSSR count). The van der Waals surface area contributed by atoms with E-state index in [0.717, 1.165) is 22.3 Å². The van der Waals surface area contributed by atoms with Crippen LogP contribution in [0.15, 0.2) is 119 Å². The fourth-order valence-corrected chi connectivity index (χ4v) is 6.57. The highest BCUT2D eigenvalue weighted by Crippen LogP contribution is 2.43. The number of H-pyrrole nitrogens is 1. The van der Waals surface area contributed by atoms with Crippen LogP contribution in [0.25, 0.3) is 22.6 Å². The quantitative estimate of drug-likeness (QED) is 0.0939. The van der Waals surface area contributed by atoms with Gasteiger partial charge >= 0.3 is 0 Å². The van der Waals surface area contributed by atoms with Gasteiger partial charge in [0.05, 0.1) is 33.3 Å². The number of hydrogen-bond donors (Lipinski definition) is 2. The van der Waals surface area contributed by atoms with Crippen LogP contribution in [0.1, 0.15) is 29.3 Å². The van der Waals surface area contributed by atoms with E-state index in [9.17, 15) is 9.90 Å². The maximum absolute atomic E-state index is 13.3. The minimum absolute atomic E-state index is 0.0182. The van der Waals surface area contributed by atoms with Gasteiger partial charge in [0.15, 0.2) is 11.2 Å². The average molecular weight is 701 g/mol. The van der Waals surface area contributed by atoms with Gasteiger partial charge in [-0.05, 0) is 41.0 Å². The second-order valence-corrected chi connectivity index (χ2v) is 12.7. The van der Waals surface area contributed by atoms with Crippen molar-refractivity contribution in [3.05, 3.63) is 136 Å². The SMILES string of the molecule is COc1ccc(C(OC[C@H]2O[C@@H](n3c(-c4ccccc4)nc4c(=O)[nH]c(N=CN(C)C)nc43)C[C@@H]2O)(c2ccccc2)c2ccc(OC)cc2)cc1. The van der Waals surface area contributed by atoms with Gasteiger partial charge in [0.25, 0.3) is 5.56 Å². The first-order valence-corrected chi connectivity index (χ1v) is 16.9. The van der Waals surface area contributed by atoms with Crippen LogP contribution in [0, 0.1) is 0 Å². The number of aromatic amines is 1. The van der Waals surface area contributed by atoms with E-state index in [1.807, 2.05) is 123 Å². The van der Waals surface area contributed by atoms with Crippen LogP contribution in [0.5, 0.6) is 11.5 Å². The number of aliphatic imine (C=N–C) groups is 1. The Hall–Kier alpha value is -5.82. The molecular weight excluding hydrogens is 660 g/mol. The fourth-order valence-electron chi connectivity index (χ4n) is 6.57. The maximum Gasteiger partial charge on any atom is 0.280 e. The molecule has 3 atom stereocenters. The zero-order valence-corrected chi connectivity index (χ0v) is 29.3. The number of ether oxygens (including phenoxy) is 4. The molecule has 1 aliphatic rings. The van der Waals surface area contributed by atoms with Crippen molar-refractivity contribution in [1.82, 2.24) is 24.4 Å². The molecule has 1 fully saturated rings. The first kappa shape index (κ1) is 34.6. The van der Waals surface area contributed by atoms with Gasteiger partial charge in [0.2, 0.25) is 5.95 Å². The van der Waals surface area contributed by atoms with Crippen LogP contribution in [0.3, 0.4) is 0 Å². The molecule has 12 nitrogen and oxygen atoms in total. The molecule has 0 spiro atoms. The lowest BCUT2D eigenvalue weighted by Crippen LogP contribution is -2.38. The second-order valence-electron chi connectivity index (χ2n) is 12.7. The van der Waals surface area contributed by atoms with E-state index in [2.05, 4.69) is 15.0 Å². The van der Waals surface area contributed by atoms with Crippen LogP contribution in [-0.2, 0) is 15.1 Å². The van der Waals surface area contributed by atoms with Gasteiger partial charge in [-0.3, -0.25) is 14.3 Å². The Bertz CT molecular complexity index is 2150. The van der Waals surface area contributed by atoms with E-state index in [4.69, 9.17) is 23.9 Å². The van der Waals surface area contributed by atoms with Gasteiger partial charge in [-0.2, -0.15) is 4.98 Å². The minimum Gasteiger partial charge on any atom is -0.497 e. The molecular formula is C40H40N6O6. The summed E-state index contributed by atoms with van der Waals surface area (Å²) in [5.41, 5.74) is 2.26. The Morgan fingerprint density at radius 1 is 0.885 bits per heavy atom. The number of aliphatic hydroxyl groups is 1. The Kier molecular flexibility index (Phi) is 9.86. The molecule has 3 heterocycles. The predicted molar refractivity (Wildman–Crippen MR) is 198 cm³/mol. The molecule has 4 aromatic carbocycles. The molecule has 0 saturated carbocycles. The normalized spacial score (nSPS) is 17.5. The number of benzene rings is 4. The van der Waals surface area contributed by atoms with Crippen LogP contribution >= 0.6 is 0 Å². The van der Waals surface area contributed by atoms with Crippen molar-refractivity contribution < 1.29 is 24.1 Å². The van der Waals surface area contributed by atoms with Gasteiger partial charge in [0, 0.05) is 26.1 Å². The molecule has 0 bridgehead atoms.